The molecule has 17 heavy (non-hydrogen) atoms. The summed E-state index contributed by atoms with van der Waals surface area (Å²) in [6.45, 7) is 2.70. The third kappa shape index (κ3) is 7.56. The molecule has 0 aromatic rings. The molecule has 3 amide bonds. The summed E-state index contributed by atoms with van der Waals surface area (Å²) in [7, 11) is 1.33. The maximum atomic E-state index is 12.0. The SMILES string of the molecule is CNC(=O)NC(=O)C(C)NC(C)CC(F)(F)F. The number of amides is 3. The molecule has 0 saturated carbocycles. The number of alkyl halides is 3. The van der Waals surface area contributed by atoms with Gasteiger partial charge in [0.25, 0.3) is 0 Å². The Balaban J connectivity index is 4.12. The molecule has 0 aliphatic rings. The van der Waals surface area contributed by atoms with Crippen LogP contribution in [-0.4, -0.2) is 37.2 Å². The van der Waals surface area contributed by atoms with E-state index in [2.05, 4.69) is 10.6 Å². The van der Waals surface area contributed by atoms with Gasteiger partial charge >= 0.3 is 12.2 Å². The monoisotopic (exact) mass is 255 g/mol. The normalized spacial score (nSPS) is 14.9. The van der Waals surface area contributed by atoms with Gasteiger partial charge in [0.1, 0.15) is 0 Å². The Morgan fingerprint density at radius 1 is 1.24 bits per heavy atom. The number of imide groups is 1. The fraction of sp³-hybridized carbons (Fsp3) is 0.778. The number of hydrogen-bond donors (Lipinski definition) is 3. The van der Waals surface area contributed by atoms with Crippen LogP contribution in [0.15, 0.2) is 0 Å². The topological polar surface area (TPSA) is 70.2 Å². The molecule has 0 fully saturated rings. The first kappa shape index (κ1) is 15.7. The highest BCUT2D eigenvalue weighted by Gasteiger charge is 2.31. The molecule has 3 N–H and O–H groups in total. The first-order chi connectivity index (χ1) is 7.65. The second kappa shape index (κ2) is 6.43. The van der Waals surface area contributed by atoms with E-state index < -0.39 is 36.6 Å². The quantitative estimate of drug-likeness (QED) is 0.694. The van der Waals surface area contributed by atoms with E-state index in [9.17, 15) is 22.8 Å². The summed E-state index contributed by atoms with van der Waals surface area (Å²) in [5.41, 5.74) is 0. The van der Waals surface area contributed by atoms with Crippen LogP contribution in [-0.2, 0) is 4.79 Å². The Labute approximate surface area is 97.1 Å². The van der Waals surface area contributed by atoms with E-state index in [0.29, 0.717) is 0 Å². The summed E-state index contributed by atoms with van der Waals surface area (Å²) in [5.74, 6) is -0.682. The standard InChI is InChI=1S/C9H16F3N3O2/c1-5(4-9(10,11)12)14-6(2)7(16)15-8(17)13-3/h5-6,14H,4H2,1-3H3,(H2,13,15,16,17). The van der Waals surface area contributed by atoms with Crippen LogP contribution in [0.3, 0.4) is 0 Å². The molecule has 0 rings (SSSR count). The average Bonchev–Trinajstić information content (AvgIpc) is 2.14. The number of halogens is 3. The van der Waals surface area contributed by atoms with E-state index >= 15 is 0 Å². The van der Waals surface area contributed by atoms with Crippen molar-refractivity contribution in [3.63, 3.8) is 0 Å². The van der Waals surface area contributed by atoms with Crippen LogP contribution in [0.5, 0.6) is 0 Å². The van der Waals surface area contributed by atoms with Gasteiger partial charge < -0.3 is 10.6 Å². The van der Waals surface area contributed by atoms with Gasteiger partial charge in [0.2, 0.25) is 5.91 Å². The van der Waals surface area contributed by atoms with E-state index in [1.807, 2.05) is 5.32 Å². The highest BCUT2D eigenvalue weighted by Crippen LogP contribution is 2.21. The zero-order valence-corrected chi connectivity index (χ0v) is 9.81. The van der Waals surface area contributed by atoms with Crippen LogP contribution in [0, 0.1) is 0 Å². The van der Waals surface area contributed by atoms with Gasteiger partial charge in [-0.1, -0.05) is 0 Å². The lowest BCUT2D eigenvalue weighted by atomic mass is 10.2. The van der Waals surface area contributed by atoms with Crippen molar-refractivity contribution in [3.8, 4) is 0 Å². The molecule has 0 heterocycles. The lowest BCUT2D eigenvalue weighted by Gasteiger charge is -2.20. The Hall–Kier alpha value is -1.31. The van der Waals surface area contributed by atoms with E-state index in [-0.39, 0.29) is 0 Å². The Morgan fingerprint density at radius 2 is 1.76 bits per heavy atom. The summed E-state index contributed by atoms with van der Waals surface area (Å²) >= 11 is 0. The van der Waals surface area contributed by atoms with E-state index in [1.54, 1.807) is 0 Å². The van der Waals surface area contributed by atoms with Crippen molar-refractivity contribution in [2.45, 2.75) is 38.5 Å². The minimum Gasteiger partial charge on any atom is -0.341 e. The first-order valence-electron chi connectivity index (χ1n) is 5.01. The summed E-state index contributed by atoms with van der Waals surface area (Å²) in [6.07, 6.45) is -5.33. The van der Waals surface area contributed by atoms with E-state index in [1.165, 1.54) is 20.9 Å². The number of urea groups is 1. The third-order valence-corrected chi connectivity index (χ3v) is 1.93. The minimum atomic E-state index is -4.29. The van der Waals surface area contributed by atoms with Gasteiger partial charge in [0.05, 0.1) is 12.5 Å². The number of carbonyl (C=O) groups is 2. The van der Waals surface area contributed by atoms with Crippen LogP contribution < -0.4 is 16.0 Å². The maximum Gasteiger partial charge on any atom is 0.390 e. The predicted molar refractivity (Wildman–Crippen MR) is 55.3 cm³/mol. The Bertz CT molecular complexity index is 281. The number of hydrogen-bond acceptors (Lipinski definition) is 3. The van der Waals surface area contributed by atoms with Crippen molar-refractivity contribution in [1.29, 1.82) is 0 Å². The molecule has 2 atom stereocenters. The highest BCUT2D eigenvalue weighted by atomic mass is 19.4. The van der Waals surface area contributed by atoms with Gasteiger partial charge in [-0.2, -0.15) is 13.2 Å². The first-order valence-corrected chi connectivity index (χ1v) is 5.01. The molecule has 0 aromatic carbocycles. The lowest BCUT2D eigenvalue weighted by molar-refractivity contribution is -0.140. The number of nitrogens with one attached hydrogen (secondary N) is 3. The summed E-state index contributed by atoms with van der Waals surface area (Å²) in [4.78, 5) is 22.1. The molecule has 0 spiro atoms. The maximum absolute atomic E-state index is 12.0. The Morgan fingerprint density at radius 3 is 2.18 bits per heavy atom. The van der Waals surface area contributed by atoms with Gasteiger partial charge in [-0.25, -0.2) is 4.79 Å². The van der Waals surface area contributed by atoms with Crippen LogP contribution in [0.25, 0.3) is 0 Å². The molecule has 0 bridgehead atoms. The molecule has 0 radical (unpaired) electrons. The van der Waals surface area contributed by atoms with Gasteiger partial charge in [0, 0.05) is 13.1 Å². The van der Waals surface area contributed by atoms with Gasteiger partial charge in [0.15, 0.2) is 0 Å². The minimum absolute atomic E-state index is 0.682. The van der Waals surface area contributed by atoms with Crippen LogP contribution in [0.1, 0.15) is 20.3 Å². The third-order valence-electron chi connectivity index (χ3n) is 1.93. The Kier molecular flexibility index (Phi) is 5.94. The zero-order valence-electron chi connectivity index (χ0n) is 9.81. The fourth-order valence-electron chi connectivity index (χ4n) is 1.19. The van der Waals surface area contributed by atoms with Crippen molar-refractivity contribution < 1.29 is 22.8 Å². The smallest absolute Gasteiger partial charge is 0.341 e. The number of rotatable bonds is 4. The number of carbonyl (C=O) groups excluding carboxylic acids is 2. The lowest BCUT2D eigenvalue weighted by Crippen LogP contribution is -2.50. The molecule has 0 aliphatic heterocycles. The van der Waals surface area contributed by atoms with Crippen LogP contribution >= 0.6 is 0 Å². The molecule has 0 aromatic heterocycles. The van der Waals surface area contributed by atoms with Crippen LogP contribution in [0.4, 0.5) is 18.0 Å². The van der Waals surface area contributed by atoms with Crippen molar-refractivity contribution in [2.75, 3.05) is 7.05 Å². The molecular formula is C9H16F3N3O2. The van der Waals surface area contributed by atoms with Gasteiger partial charge in [-0.05, 0) is 13.8 Å². The molecule has 8 heteroatoms. The fourth-order valence-corrected chi connectivity index (χ4v) is 1.19. The van der Waals surface area contributed by atoms with Gasteiger partial charge in [-0.3, -0.25) is 10.1 Å². The van der Waals surface area contributed by atoms with Crippen molar-refractivity contribution in [3.05, 3.63) is 0 Å². The molecule has 0 aliphatic carbocycles. The van der Waals surface area contributed by atoms with Crippen LogP contribution in [0.2, 0.25) is 0 Å². The largest absolute Gasteiger partial charge is 0.390 e. The highest BCUT2D eigenvalue weighted by molar-refractivity contribution is 5.96. The average molecular weight is 255 g/mol. The summed E-state index contributed by atoms with van der Waals surface area (Å²) < 4.78 is 36.1. The van der Waals surface area contributed by atoms with Gasteiger partial charge in [-0.15, -0.1) is 0 Å². The summed E-state index contributed by atoms with van der Waals surface area (Å²) in [6, 6.07) is -2.49. The second-order valence-corrected chi connectivity index (χ2v) is 3.68. The van der Waals surface area contributed by atoms with Crippen molar-refractivity contribution >= 4 is 11.9 Å². The zero-order chi connectivity index (χ0) is 13.6. The van der Waals surface area contributed by atoms with E-state index in [4.69, 9.17) is 0 Å². The molecule has 5 nitrogen and oxygen atoms in total. The molecular weight excluding hydrogens is 239 g/mol. The second-order valence-electron chi connectivity index (χ2n) is 3.68. The molecule has 2 unspecified atom stereocenters. The summed E-state index contributed by atoms with van der Waals surface area (Å²) in [5, 5.41) is 6.58. The van der Waals surface area contributed by atoms with E-state index in [0.717, 1.165) is 0 Å². The van der Waals surface area contributed by atoms with Crippen molar-refractivity contribution in [1.82, 2.24) is 16.0 Å². The predicted octanol–water partition coefficient (Wildman–Crippen LogP) is 0.761. The molecule has 100 valence electrons. The molecule has 0 saturated heterocycles. The van der Waals surface area contributed by atoms with Crippen molar-refractivity contribution in [2.24, 2.45) is 0 Å².